The van der Waals surface area contributed by atoms with Crippen molar-refractivity contribution in [2.45, 2.75) is 33.9 Å². The molecule has 0 atom stereocenters. The zero-order chi connectivity index (χ0) is 19.4. The lowest BCUT2D eigenvalue weighted by Crippen LogP contribution is -2.31. The minimum absolute atomic E-state index is 0.00116. The number of aromatic nitrogens is 1. The molecule has 7 heteroatoms. The number of methoxy groups -OCH3 is 1. The first-order chi connectivity index (χ1) is 12.3. The number of nitrogens with one attached hydrogen (secondary N) is 1. The number of hydrogen-bond acceptors (Lipinski definition) is 4. The molecule has 1 aromatic heterocycles. The Bertz CT molecular complexity index is 935. The predicted octanol–water partition coefficient (Wildman–Crippen LogP) is 3.19. The fourth-order valence-corrected chi connectivity index (χ4v) is 3.54. The fraction of sp³-hybridized carbons (Fsp3) is 0.316. The number of anilines is 1. The third-order valence-electron chi connectivity index (χ3n) is 4.06. The van der Waals surface area contributed by atoms with E-state index in [-0.39, 0.29) is 24.6 Å². The quantitative estimate of drug-likeness (QED) is 0.809. The van der Waals surface area contributed by atoms with Gasteiger partial charge in [0.2, 0.25) is 5.91 Å². The highest BCUT2D eigenvalue weighted by Gasteiger charge is 2.16. The van der Waals surface area contributed by atoms with Gasteiger partial charge in [0, 0.05) is 28.5 Å². The van der Waals surface area contributed by atoms with Crippen molar-refractivity contribution in [2.24, 2.45) is 0 Å². The Morgan fingerprint density at radius 2 is 1.88 bits per heavy atom. The molecule has 0 aliphatic rings. The molecule has 26 heavy (non-hydrogen) atoms. The minimum Gasteiger partial charge on any atom is -0.380 e. The van der Waals surface area contributed by atoms with E-state index >= 15 is 0 Å². The summed E-state index contributed by atoms with van der Waals surface area (Å²) in [6.07, 6.45) is 0. The summed E-state index contributed by atoms with van der Waals surface area (Å²) in [6.45, 7) is 5.53. The van der Waals surface area contributed by atoms with Crippen molar-refractivity contribution in [3.05, 3.63) is 61.0 Å². The highest BCUT2D eigenvalue weighted by Crippen LogP contribution is 2.25. The number of benzene rings is 1. The first kappa shape index (κ1) is 19.9. The molecule has 136 valence electrons. The number of amides is 1. The van der Waals surface area contributed by atoms with Gasteiger partial charge in [-0.25, -0.2) is 0 Å². The van der Waals surface area contributed by atoms with Crippen LogP contribution in [0.2, 0.25) is 0 Å². The van der Waals surface area contributed by atoms with Crippen LogP contribution < -0.4 is 10.9 Å². The third-order valence-corrected chi connectivity index (χ3v) is 4.52. The van der Waals surface area contributed by atoms with Gasteiger partial charge in [-0.2, -0.15) is 5.26 Å². The van der Waals surface area contributed by atoms with Gasteiger partial charge in [-0.15, -0.1) is 0 Å². The van der Waals surface area contributed by atoms with E-state index in [4.69, 9.17) is 4.74 Å². The average Bonchev–Trinajstić information content (AvgIpc) is 2.55. The molecule has 1 aromatic carbocycles. The largest absolute Gasteiger partial charge is 0.380 e. The number of pyridine rings is 1. The van der Waals surface area contributed by atoms with Gasteiger partial charge in [-0.3, -0.25) is 9.59 Å². The summed E-state index contributed by atoms with van der Waals surface area (Å²) >= 11 is 3.42. The smallest absolute Gasteiger partial charge is 0.269 e. The SMILES string of the molecule is COCc1cc(C)n(CC(=O)Nc2c(C)cc(Br)cc2C)c(=O)c1C#N. The standard InChI is InChI=1S/C19H20BrN3O3/c1-11-5-15(20)6-12(2)18(11)22-17(24)9-23-13(3)7-14(10-26-4)16(8-21)19(23)25/h5-7H,9-10H2,1-4H3,(H,22,24). The maximum atomic E-state index is 12.6. The molecule has 1 heterocycles. The van der Waals surface area contributed by atoms with Crippen LogP contribution in [0.15, 0.2) is 27.5 Å². The van der Waals surface area contributed by atoms with Crippen LogP contribution in [0.25, 0.3) is 0 Å². The van der Waals surface area contributed by atoms with Crippen molar-refractivity contribution in [1.82, 2.24) is 4.57 Å². The van der Waals surface area contributed by atoms with E-state index in [1.54, 1.807) is 13.0 Å². The van der Waals surface area contributed by atoms with Crippen LogP contribution in [-0.2, 0) is 22.7 Å². The zero-order valence-corrected chi connectivity index (χ0v) is 16.7. The number of nitrogens with zero attached hydrogens (tertiary/aromatic N) is 2. The third kappa shape index (κ3) is 4.21. The molecule has 0 aliphatic heterocycles. The van der Waals surface area contributed by atoms with Gasteiger partial charge >= 0.3 is 0 Å². The Kier molecular flexibility index (Phi) is 6.35. The first-order valence-corrected chi connectivity index (χ1v) is 8.76. The molecule has 0 fully saturated rings. The van der Waals surface area contributed by atoms with Crippen LogP contribution in [0.3, 0.4) is 0 Å². The van der Waals surface area contributed by atoms with E-state index in [1.807, 2.05) is 32.0 Å². The minimum atomic E-state index is -0.487. The number of aryl methyl sites for hydroxylation is 3. The van der Waals surface area contributed by atoms with Crippen LogP contribution in [0.4, 0.5) is 5.69 Å². The van der Waals surface area contributed by atoms with E-state index in [2.05, 4.69) is 21.2 Å². The zero-order valence-electron chi connectivity index (χ0n) is 15.1. The molecular formula is C19H20BrN3O3. The normalized spacial score (nSPS) is 10.5. The molecule has 2 aromatic rings. The summed E-state index contributed by atoms with van der Waals surface area (Å²) in [6, 6.07) is 7.43. The summed E-state index contributed by atoms with van der Waals surface area (Å²) in [4.78, 5) is 25.1. The Morgan fingerprint density at radius 1 is 1.27 bits per heavy atom. The number of rotatable bonds is 5. The molecule has 1 N–H and O–H groups in total. The Balaban J connectivity index is 2.33. The van der Waals surface area contributed by atoms with Gasteiger partial charge in [0.15, 0.2) is 0 Å². The molecule has 0 bridgehead atoms. The Morgan fingerprint density at radius 3 is 2.42 bits per heavy atom. The molecule has 0 saturated heterocycles. The van der Waals surface area contributed by atoms with Gasteiger partial charge in [-0.1, -0.05) is 15.9 Å². The molecule has 2 rings (SSSR count). The van der Waals surface area contributed by atoms with Crippen molar-refractivity contribution in [1.29, 1.82) is 5.26 Å². The van der Waals surface area contributed by atoms with Crippen LogP contribution in [-0.4, -0.2) is 17.6 Å². The van der Waals surface area contributed by atoms with Gasteiger partial charge in [-0.05, 0) is 50.1 Å². The van der Waals surface area contributed by atoms with E-state index in [9.17, 15) is 14.9 Å². The molecule has 0 radical (unpaired) electrons. The topological polar surface area (TPSA) is 84.1 Å². The predicted molar refractivity (Wildman–Crippen MR) is 103 cm³/mol. The summed E-state index contributed by atoms with van der Waals surface area (Å²) in [7, 11) is 1.50. The number of halogens is 1. The molecule has 0 spiro atoms. The highest BCUT2D eigenvalue weighted by atomic mass is 79.9. The van der Waals surface area contributed by atoms with Gasteiger partial charge < -0.3 is 14.6 Å². The van der Waals surface area contributed by atoms with E-state index in [0.717, 1.165) is 21.3 Å². The lowest BCUT2D eigenvalue weighted by atomic mass is 10.1. The highest BCUT2D eigenvalue weighted by molar-refractivity contribution is 9.10. The van der Waals surface area contributed by atoms with E-state index < -0.39 is 5.56 Å². The fourth-order valence-electron chi connectivity index (χ4n) is 2.85. The van der Waals surface area contributed by atoms with Crippen molar-refractivity contribution < 1.29 is 9.53 Å². The number of carbonyl (C=O) groups excluding carboxylic acids is 1. The Hall–Kier alpha value is -2.43. The number of carbonyl (C=O) groups is 1. The monoisotopic (exact) mass is 417 g/mol. The van der Waals surface area contributed by atoms with Gasteiger partial charge in [0.25, 0.3) is 5.56 Å². The van der Waals surface area contributed by atoms with Gasteiger partial charge in [0.1, 0.15) is 18.2 Å². The molecular weight excluding hydrogens is 398 g/mol. The summed E-state index contributed by atoms with van der Waals surface area (Å²) in [5, 5.41) is 12.1. The van der Waals surface area contributed by atoms with Gasteiger partial charge in [0.05, 0.1) is 6.61 Å². The summed E-state index contributed by atoms with van der Waals surface area (Å²) in [5.74, 6) is -0.327. The summed E-state index contributed by atoms with van der Waals surface area (Å²) in [5.41, 5.74) is 3.19. The average molecular weight is 418 g/mol. The van der Waals surface area contributed by atoms with Crippen LogP contribution in [0, 0.1) is 32.1 Å². The van der Waals surface area contributed by atoms with E-state index in [1.165, 1.54) is 11.7 Å². The number of ether oxygens (including phenoxy) is 1. The molecule has 0 aliphatic carbocycles. The Labute approximate surface area is 160 Å². The molecule has 0 unspecified atom stereocenters. The lowest BCUT2D eigenvalue weighted by Gasteiger charge is -2.15. The second-order valence-electron chi connectivity index (χ2n) is 6.08. The van der Waals surface area contributed by atoms with Crippen LogP contribution in [0.1, 0.15) is 27.9 Å². The van der Waals surface area contributed by atoms with Crippen molar-refractivity contribution in [3.63, 3.8) is 0 Å². The number of nitriles is 1. The van der Waals surface area contributed by atoms with Crippen molar-refractivity contribution in [3.8, 4) is 6.07 Å². The van der Waals surface area contributed by atoms with Crippen molar-refractivity contribution in [2.75, 3.05) is 12.4 Å². The first-order valence-electron chi connectivity index (χ1n) is 7.97. The van der Waals surface area contributed by atoms with Crippen LogP contribution in [0.5, 0.6) is 0 Å². The second-order valence-corrected chi connectivity index (χ2v) is 7.00. The van der Waals surface area contributed by atoms with Crippen molar-refractivity contribution >= 4 is 27.5 Å². The van der Waals surface area contributed by atoms with E-state index in [0.29, 0.717) is 11.3 Å². The maximum absolute atomic E-state index is 12.6. The molecule has 6 nitrogen and oxygen atoms in total. The summed E-state index contributed by atoms with van der Waals surface area (Å²) < 4.78 is 7.27. The second kappa shape index (κ2) is 8.30. The maximum Gasteiger partial charge on any atom is 0.269 e. The molecule has 1 amide bonds. The van der Waals surface area contributed by atoms with Crippen LogP contribution >= 0.6 is 15.9 Å². The number of hydrogen-bond donors (Lipinski definition) is 1. The molecule has 0 saturated carbocycles. The lowest BCUT2D eigenvalue weighted by molar-refractivity contribution is -0.116.